The van der Waals surface area contributed by atoms with E-state index in [9.17, 15) is 8.78 Å². The second kappa shape index (κ2) is 7.12. The maximum Gasteiger partial charge on any atom is 0.163 e. The third kappa shape index (κ3) is 3.85. The molecule has 0 amide bonds. The number of methoxy groups -OCH3 is 1. The van der Waals surface area contributed by atoms with Crippen molar-refractivity contribution in [1.29, 1.82) is 0 Å². The molecule has 0 aliphatic carbocycles. The first kappa shape index (κ1) is 14.6. The number of rotatable bonds is 7. The van der Waals surface area contributed by atoms with Gasteiger partial charge in [-0.2, -0.15) is 5.10 Å². The fourth-order valence-corrected chi connectivity index (χ4v) is 1.82. The molecular formula is C14H17F2N3O. The van der Waals surface area contributed by atoms with Crippen molar-refractivity contribution < 1.29 is 13.5 Å². The molecule has 0 atom stereocenters. The maximum absolute atomic E-state index is 13.5. The van der Waals surface area contributed by atoms with Crippen LogP contribution < -0.4 is 5.32 Å². The van der Waals surface area contributed by atoms with Gasteiger partial charge in [0.25, 0.3) is 0 Å². The van der Waals surface area contributed by atoms with Crippen LogP contribution in [0.5, 0.6) is 0 Å². The quantitative estimate of drug-likeness (QED) is 0.788. The van der Waals surface area contributed by atoms with E-state index in [2.05, 4.69) is 10.4 Å². The molecule has 1 aromatic heterocycles. The van der Waals surface area contributed by atoms with Crippen molar-refractivity contribution in [2.75, 3.05) is 20.3 Å². The molecule has 108 valence electrons. The van der Waals surface area contributed by atoms with Gasteiger partial charge in [0.2, 0.25) is 0 Å². The maximum atomic E-state index is 13.5. The molecule has 6 heteroatoms. The van der Waals surface area contributed by atoms with Crippen LogP contribution in [0.3, 0.4) is 0 Å². The fraction of sp³-hybridized carbons (Fsp3) is 0.357. The standard InChI is InChI=1S/C14H17F2N3O/c1-20-8-6-17-9-12-5-7-19(18-12)10-11-3-2-4-13(15)14(11)16/h2-5,7,17H,6,8-10H2,1H3. The number of nitrogens with one attached hydrogen (secondary N) is 1. The molecule has 1 heterocycles. The van der Waals surface area contributed by atoms with E-state index in [4.69, 9.17) is 4.74 Å². The van der Waals surface area contributed by atoms with Gasteiger partial charge in [-0.15, -0.1) is 0 Å². The normalized spacial score (nSPS) is 10.9. The number of aromatic nitrogens is 2. The minimum Gasteiger partial charge on any atom is -0.383 e. The Hall–Kier alpha value is -1.79. The first-order valence-electron chi connectivity index (χ1n) is 6.35. The van der Waals surface area contributed by atoms with E-state index in [1.165, 1.54) is 6.07 Å². The lowest BCUT2D eigenvalue weighted by Gasteiger charge is -2.04. The van der Waals surface area contributed by atoms with Gasteiger partial charge in [0, 0.05) is 32.0 Å². The van der Waals surface area contributed by atoms with Gasteiger partial charge >= 0.3 is 0 Å². The van der Waals surface area contributed by atoms with Crippen molar-refractivity contribution in [3.8, 4) is 0 Å². The van der Waals surface area contributed by atoms with Crippen LogP contribution in [0, 0.1) is 11.6 Å². The Morgan fingerprint density at radius 2 is 2.15 bits per heavy atom. The summed E-state index contributed by atoms with van der Waals surface area (Å²) in [4.78, 5) is 0. The van der Waals surface area contributed by atoms with E-state index in [0.717, 1.165) is 18.3 Å². The Morgan fingerprint density at radius 3 is 2.95 bits per heavy atom. The summed E-state index contributed by atoms with van der Waals surface area (Å²) in [5, 5.41) is 7.46. The summed E-state index contributed by atoms with van der Waals surface area (Å²) in [5.41, 5.74) is 1.13. The molecule has 2 rings (SSSR count). The molecule has 1 aromatic carbocycles. The number of hydrogen-bond acceptors (Lipinski definition) is 3. The first-order valence-corrected chi connectivity index (χ1v) is 6.35. The summed E-state index contributed by atoms with van der Waals surface area (Å²) in [5.74, 6) is -1.65. The molecule has 2 aromatic rings. The van der Waals surface area contributed by atoms with Crippen LogP contribution in [0.1, 0.15) is 11.3 Å². The summed E-state index contributed by atoms with van der Waals surface area (Å²) in [7, 11) is 1.64. The Labute approximate surface area is 116 Å². The number of ether oxygens (including phenoxy) is 1. The smallest absolute Gasteiger partial charge is 0.163 e. The molecule has 20 heavy (non-hydrogen) atoms. The summed E-state index contributed by atoms with van der Waals surface area (Å²) < 4.78 is 33.2. The molecule has 0 radical (unpaired) electrons. The summed E-state index contributed by atoms with van der Waals surface area (Å²) in [6.07, 6.45) is 1.75. The highest BCUT2D eigenvalue weighted by atomic mass is 19.2. The summed E-state index contributed by atoms with van der Waals surface area (Å²) >= 11 is 0. The van der Waals surface area contributed by atoms with Crippen LogP contribution in [0.25, 0.3) is 0 Å². The highest BCUT2D eigenvalue weighted by molar-refractivity contribution is 5.19. The number of hydrogen-bond donors (Lipinski definition) is 1. The monoisotopic (exact) mass is 281 g/mol. The van der Waals surface area contributed by atoms with Crippen molar-refractivity contribution in [3.05, 3.63) is 53.4 Å². The average molecular weight is 281 g/mol. The van der Waals surface area contributed by atoms with Crippen molar-refractivity contribution >= 4 is 0 Å². The van der Waals surface area contributed by atoms with Crippen LogP contribution >= 0.6 is 0 Å². The van der Waals surface area contributed by atoms with Gasteiger partial charge in [0.1, 0.15) is 0 Å². The molecule has 0 saturated carbocycles. The van der Waals surface area contributed by atoms with Crippen molar-refractivity contribution in [2.45, 2.75) is 13.1 Å². The molecule has 0 bridgehead atoms. The van der Waals surface area contributed by atoms with Crippen molar-refractivity contribution in [2.24, 2.45) is 0 Å². The Balaban J connectivity index is 1.94. The summed E-state index contributed by atoms with van der Waals surface area (Å²) in [6.45, 7) is 2.20. The van der Waals surface area contributed by atoms with Crippen LogP contribution in [-0.2, 0) is 17.8 Å². The van der Waals surface area contributed by atoms with Crippen LogP contribution in [-0.4, -0.2) is 30.0 Å². The Bertz CT molecular complexity index is 557. The Morgan fingerprint density at radius 1 is 1.30 bits per heavy atom. The Kier molecular flexibility index (Phi) is 5.20. The largest absolute Gasteiger partial charge is 0.383 e. The van der Waals surface area contributed by atoms with Gasteiger partial charge in [-0.05, 0) is 12.1 Å². The molecule has 0 fully saturated rings. The zero-order valence-corrected chi connectivity index (χ0v) is 11.3. The fourth-order valence-electron chi connectivity index (χ4n) is 1.82. The van der Waals surface area contributed by atoms with Crippen molar-refractivity contribution in [1.82, 2.24) is 15.1 Å². The lowest BCUT2D eigenvalue weighted by Crippen LogP contribution is -2.19. The second-order valence-electron chi connectivity index (χ2n) is 4.39. The topological polar surface area (TPSA) is 39.1 Å². The molecule has 0 aliphatic rings. The second-order valence-corrected chi connectivity index (χ2v) is 4.39. The van der Waals surface area contributed by atoms with Gasteiger partial charge in [0.15, 0.2) is 11.6 Å². The minimum atomic E-state index is -0.837. The number of nitrogens with zero attached hydrogens (tertiary/aromatic N) is 2. The van der Waals surface area contributed by atoms with E-state index >= 15 is 0 Å². The molecular weight excluding hydrogens is 264 g/mol. The van der Waals surface area contributed by atoms with E-state index in [-0.39, 0.29) is 12.1 Å². The van der Waals surface area contributed by atoms with Crippen LogP contribution in [0.15, 0.2) is 30.5 Å². The van der Waals surface area contributed by atoms with E-state index in [0.29, 0.717) is 13.2 Å². The van der Waals surface area contributed by atoms with Crippen molar-refractivity contribution in [3.63, 3.8) is 0 Å². The SMILES string of the molecule is COCCNCc1ccn(Cc2cccc(F)c2F)n1. The molecule has 1 N–H and O–H groups in total. The van der Waals surface area contributed by atoms with E-state index in [1.807, 2.05) is 6.07 Å². The predicted octanol–water partition coefficient (Wildman–Crippen LogP) is 1.95. The zero-order valence-electron chi connectivity index (χ0n) is 11.3. The summed E-state index contributed by atoms with van der Waals surface area (Å²) in [6, 6.07) is 5.99. The highest BCUT2D eigenvalue weighted by Crippen LogP contribution is 2.12. The first-order chi connectivity index (χ1) is 9.70. The van der Waals surface area contributed by atoms with Crippen LogP contribution in [0.4, 0.5) is 8.78 Å². The highest BCUT2D eigenvalue weighted by Gasteiger charge is 2.08. The predicted molar refractivity (Wildman–Crippen MR) is 71.3 cm³/mol. The lowest BCUT2D eigenvalue weighted by atomic mass is 10.2. The third-order valence-electron chi connectivity index (χ3n) is 2.85. The van der Waals surface area contributed by atoms with Gasteiger partial charge in [-0.25, -0.2) is 8.78 Å². The minimum absolute atomic E-state index is 0.210. The average Bonchev–Trinajstić information content (AvgIpc) is 2.88. The third-order valence-corrected chi connectivity index (χ3v) is 2.85. The molecule has 0 saturated heterocycles. The molecule has 0 unspecified atom stereocenters. The molecule has 0 spiro atoms. The number of benzene rings is 1. The van der Waals surface area contributed by atoms with Gasteiger partial charge in [-0.3, -0.25) is 4.68 Å². The zero-order chi connectivity index (χ0) is 14.4. The van der Waals surface area contributed by atoms with E-state index < -0.39 is 11.6 Å². The molecule has 4 nitrogen and oxygen atoms in total. The van der Waals surface area contributed by atoms with E-state index in [1.54, 1.807) is 24.1 Å². The van der Waals surface area contributed by atoms with Gasteiger partial charge in [-0.1, -0.05) is 12.1 Å². The lowest BCUT2D eigenvalue weighted by molar-refractivity contribution is 0.199. The van der Waals surface area contributed by atoms with Gasteiger partial charge < -0.3 is 10.1 Å². The molecule has 0 aliphatic heterocycles. The number of halogens is 2. The van der Waals surface area contributed by atoms with Crippen LogP contribution in [0.2, 0.25) is 0 Å². The van der Waals surface area contributed by atoms with Gasteiger partial charge in [0.05, 0.1) is 18.8 Å².